The van der Waals surface area contributed by atoms with Gasteiger partial charge in [0.1, 0.15) is 5.69 Å². The Balaban J connectivity index is 1.76. The number of benzene rings is 2. The zero-order valence-electron chi connectivity index (χ0n) is 18.9. The predicted octanol–water partition coefficient (Wildman–Crippen LogP) is 4.38. The Morgan fingerprint density at radius 1 is 1.07 bits per heavy atom. The Labute approximate surface area is 179 Å². The largest absolute Gasteiger partial charge is 0.347 e. The van der Waals surface area contributed by atoms with E-state index in [2.05, 4.69) is 86.6 Å². The Morgan fingerprint density at radius 3 is 2.33 bits per heavy atom. The molecule has 0 saturated carbocycles. The first-order valence-corrected chi connectivity index (χ1v) is 10.3. The number of hydrogen-bond donors (Lipinski definition) is 1. The van der Waals surface area contributed by atoms with Crippen molar-refractivity contribution in [3.05, 3.63) is 77.1 Å². The normalized spacial score (nSPS) is 11.7. The van der Waals surface area contributed by atoms with Crippen LogP contribution in [-0.4, -0.2) is 34.7 Å². The van der Waals surface area contributed by atoms with Gasteiger partial charge in [-0.2, -0.15) is 5.10 Å². The summed E-state index contributed by atoms with van der Waals surface area (Å²) in [6, 6.07) is 18.7. The van der Waals surface area contributed by atoms with E-state index < -0.39 is 0 Å². The summed E-state index contributed by atoms with van der Waals surface area (Å²) < 4.78 is 1.66. The fraction of sp³-hybridized carbons (Fsp3) is 0.360. The number of aryl methyl sites for hydroxylation is 1. The van der Waals surface area contributed by atoms with Crippen molar-refractivity contribution >= 4 is 5.91 Å². The van der Waals surface area contributed by atoms with Gasteiger partial charge in [-0.15, -0.1) is 0 Å². The lowest BCUT2D eigenvalue weighted by atomic mass is 9.92. The number of amides is 1. The number of aromatic nitrogens is 2. The predicted molar refractivity (Wildman–Crippen MR) is 122 cm³/mol. The van der Waals surface area contributed by atoms with Gasteiger partial charge in [0, 0.05) is 25.6 Å². The molecule has 5 heteroatoms. The second-order valence-corrected chi connectivity index (χ2v) is 9.06. The molecule has 0 aliphatic carbocycles. The minimum atomic E-state index is -0.114. The standard InChI is InChI=1S/C25H32N4O/c1-25(2,3)23-15-22(29(6)27-23)24(30)26-16-20-9-7-8-10-21(20)19-13-11-18(12-14-19)17-28(4)5/h7-15H,16-17H2,1-6H3,(H,26,30). The van der Waals surface area contributed by atoms with Gasteiger partial charge in [-0.05, 0) is 42.4 Å². The molecule has 1 amide bonds. The number of carbonyl (C=O) groups is 1. The van der Waals surface area contributed by atoms with Crippen LogP contribution in [0.4, 0.5) is 0 Å². The van der Waals surface area contributed by atoms with Gasteiger partial charge in [-0.25, -0.2) is 0 Å². The molecular weight excluding hydrogens is 372 g/mol. The van der Waals surface area contributed by atoms with E-state index in [4.69, 9.17) is 0 Å². The molecule has 2 aromatic carbocycles. The third-order valence-electron chi connectivity index (χ3n) is 5.10. The first-order valence-electron chi connectivity index (χ1n) is 10.3. The molecule has 0 saturated heterocycles. The molecule has 0 radical (unpaired) electrons. The number of nitrogens with one attached hydrogen (secondary N) is 1. The van der Waals surface area contributed by atoms with E-state index in [0.717, 1.165) is 28.9 Å². The fourth-order valence-electron chi connectivity index (χ4n) is 3.42. The molecule has 0 bridgehead atoms. The third kappa shape index (κ3) is 5.16. The van der Waals surface area contributed by atoms with Crippen LogP contribution in [0, 0.1) is 0 Å². The van der Waals surface area contributed by atoms with Gasteiger partial charge in [0.25, 0.3) is 5.91 Å². The summed E-state index contributed by atoms with van der Waals surface area (Å²) in [5.74, 6) is -0.114. The summed E-state index contributed by atoms with van der Waals surface area (Å²) in [7, 11) is 5.95. The number of carbonyl (C=O) groups excluding carboxylic acids is 1. The summed E-state index contributed by atoms with van der Waals surface area (Å²) in [6.45, 7) is 7.66. The van der Waals surface area contributed by atoms with Crippen molar-refractivity contribution in [1.82, 2.24) is 20.0 Å². The molecular formula is C25H32N4O. The van der Waals surface area contributed by atoms with E-state index in [1.165, 1.54) is 5.56 Å². The lowest BCUT2D eigenvalue weighted by Crippen LogP contribution is -2.25. The van der Waals surface area contributed by atoms with Crippen molar-refractivity contribution in [3.8, 4) is 11.1 Å². The molecule has 0 atom stereocenters. The summed E-state index contributed by atoms with van der Waals surface area (Å²) in [5, 5.41) is 7.57. The lowest BCUT2D eigenvalue weighted by molar-refractivity contribution is 0.0941. The molecule has 0 aliphatic rings. The van der Waals surface area contributed by atoms with Crippen molar-refractivity contribution in [2.24, 2.45) is 7.05 Å². The summed E-state index contributed by atoms with van der Waals surface area (Å²) >= 11 is 0. The first kappa shape index (κ1) is 21.8. The zero-order chi connectivity index (χ0) is 21.9. The van der Waals surface area contributed by atoms with Gasteiger partial charge < -0.3 is 10.2 Å². The van der Waals surface area contributed by atoms with Gasteiger partial charge in [0.2, 0.25) is 0 Å². The Kier molecular flexibility index (Phi) is 6.42. The van der Waals surface area contributed by atoms with Crippen LogP contribution in [0.2, 0.25) is 0 Å². The maximum Gasteiger partial charge on any atom is 0.269 e. The van der Waals surface area contributed by atoms with Crippen LogP contribution in [-0.2, 0) is 25.6 Å². The molecule has 1 aromatic heterocycles. The molecule has 1 heterocycles. The molecule has 0 unspecified atom stereocenters. The second-order valence-electron chi connectivity index (χ2n) is 9.06. The van der Waals surface area contributed by atoms with Crippen LogP contribution < -0.4 is 5.32 Å². The second kappa shape index (κ2) is 8.84. The topological polar surface area (TPSA) is 50.2 Å². The minimum Gasteiger partial charge on any atom is -0.347 e. The van der Waals surface area contributed by atoms with Gasteiger partial charge in [-0.1, -0.05) is 69.3 Å². The average molecular weight is 405 g/mol. The molecule has 0 fully saturated rings. The SMILES string of the molecule is CN(C)Cc1ccc(-c2ccccc2CNC(=O)c2cc(C(C)(C)C)nn2C)cc1. The highest BCUT2D eigenvalue weighted by atomic mass is 16.2. The van der Waals surface area contributed by atoms with E-state index in [0.29, 0.717) is 12.2 Å². The number of nitrogens with zero attached hydrogens (tertiary/aromatic N) is 3. The van der Waals surface area contributed by atoms with Crippen LogP contribution in [0.15, 0.2) is 54.6 Å². The minimum absolute atomic E-state index is 0.0956. The van der Waals surface area contributed by atoms with Gasteiger partial charge in [-0.3, -0.25) is 9.48 Å². The van der Waals surface area contributed by atoms with E-state index >= 15 is 0 Å². The van der Waals surface area contributed by atoms with Crippen molar-refractivity contribution < 1.29 is 4.79 Å². The molecule has 30 heavy (non-hydrogen) atoms. The fourth-order valence-corrected chi connectivity index (χ4v) is 3.42. The quantitative estimate of drug-likeness (QED) is 0.663. The van der Waals surface area contributed by atoms with Crippen LogP contribution in [0.25, 0.3) is 11.1 Å². The van der Waals surface area contributed by atoms with Crippen LogP contribution in [0.1, 0.15) is 48.1 Å². The molecule has 5 nitrogen and oxygen atoms in total. The average Bonchev–Trinajstić information content (AvgIpc) is 3.09. The van der Waals surface area contributed by atoms with E-state index in [1.54, 1.807) is 4.68 Å². The summed E-state index contributed by atoms with van der Waals surface area (Å²) in [6.07, 6.45) is 0. The molecule has 0 spiro atoms. The zero-order valence-corrected chi connectivity index (χ0v) is 18.9. The van der Waals surface area contributed by atoms with Crippen molar-refractivity contribution in [3.63, 3.8) is 0 Å². The van der Waals surface area contributed by atoms with Crippen molar-refractivity contribution in [1.29, 1.82) is 0 Å². The van der Waals surface area contributed by atoms with Gasteiger partial charge in [0.15, 0.2) is 0 Å². The Bertz CT molecular complexity index is 1010. The van der Waals surface area contributed by atoms with Crippen LogP contribution in [0.3, 0.4) is 0 Å². The number of hydrogen-bond acceptors (Lipinski definition) is 3. The van der Waals surface area contributed by atoms with E-state index in [1.807, 2.05) is 25.2 Å². The van der Waals surface area contributed by atoms with Crippen LogP contribution >= 0.6 is 0 Å². The maximum absolute atomic E-state index is 12.8. The van der Waals surface area contributed by atoms with Crippen molar-refractivity contribution in [2.75, 3.05) is 14.1 Å². The van der Waals surface area contributed by atoms with E-state index in [-0.39, 0.29) is 11.3 Å². The molecule has 0 aliphatic heterocycles. The van der Waals surface area contributed by atoms with Gasteiger partial charge >= 0.3 is 0 Å². The van der Waals surface area contributed by atoms with Crippen molar-refractivity contribution in [2.45, 2.75) is 39.3 Å². The molecule has 3 aromatic rings. The smallest absolute Gasteiger partial charge is 0.269 e. The highest BCUT2D eigenvalue weighted by Crippen LogP contribution is 2.25. The monoisotopic (exact) mass is 404 g/mol. The number of rotatable bonds is 6. The highest BCUT2D eigenvalue weighted by Gasteiger charge is 2.21. The molecule has 1 N–H and O–H groups in total. The lowest BCUT2D eigenvalue weighted by Gasteiger charge is -2.13. The summed E-state index contributed by atoms with van der Waals surface area (Å²) in [5.41, 5.74) is 6.04. The first-order chi connectivity index (χ1) is 14.1. The van der Waals surface area contributed by atoms with Gasteiger partial charge in [0.05, 0.1) is 5.69 Å². The Hall–Kier alpha value is -2.92. The highest BCUT2D eigenvalue weighted by molar-refractivity contribution is 5.92. The molecule has 158 valence electrons. The summed E-state index contributed by atoms with van der Waals surface area (Å²) in [4.78, 5) is 15.0. The third-order valence-corrected chi connectivity index (χ3v) is 5.10. The van der Waals surface area contributed by atoms with E-state index in [9.17, 15) is 4.79 Å². The Morgan fingerprint density at radius 2 is 1.73 bits per heavy atom. The maximum atomic E-state index is 12.8. The van der Waals surface area contributed by atoms with Crippen LogP contribution in [0.5, 0.6) is 0 Å². The molecule has 3 rings (SSSR count).